The number of nitrogens with zero attached hydrogens (tertiary/aromatic N) is 2. The Labute approximate surface area is 155 Å². The van der Waals surface area contributed by atoms with E-state index in [1.54, 1.807) is 10.9 Å². The van der Waals surface area contributed by atoms with Crippen LogP contribution in [0.2, 0.25) is 0 Å². The highest BCUT2D eigenvalue weighted by molar-refractivity contribution is 5.91. The third-order valence-electron chi connectivity index (χ3n) is 4.14. The highest BCUT2D eigenvalue weighted by atomic mass is 19.1. The first-order valence-corrected chi connectivity index (χ1v) is 8.44. The summed E-state index contributed by atoms with van der Waals surface area (Å²) in [5.41, 5.74) is 2.74. The lowest BCUT2D eigenvalue weighted by atomic mass is 10.1. The fourth-order valence-electron chi connectivity index (χ4n) is 2.84. The van der Waals surface area contributed by atoms with E-state index in [2.05, 4.69) is 10.4 Å². The molecule has 27 heavy (non-hydrogen) atoms. The zero-order valence-corrected chi connectivity index (χ0v) is 15.0. The van der Waals surface area contributed by atoms with E-state index >= 15 is 0 Å². The third kappa shape index (κ3) is 4.31. The lowest BCUT2D eigenvalue weighted by molar-refractivity contribution is -0.116. The third-order valence-corrected chi connectivity index (χ3v) is 4.14. The molecule has 3 rings (SSSR count). The number of carbonyl (C=O) groups is 1. The van der Waals surface area contributed by atoms with Gasteiger partial charge in [0.05, 0.1) is 24.1 Å². The van der Waals surface area contributed by atoms with Crippen molar-refractivity contribution in [3.05, 3.63) is 71.3 Å². The van der Waals surface area contributed by atoms with Gasteiger partial charge in [-0.25, -0.2) is 8.78 Å². The standard InChI is InChI=1S/C20H19F2N3O2/c1-13-20(18-4-3-11-27-18)14(2)25(24-13)10-9-23-19(26)8-5-15-12-16(21)6-7-17(15)22/h3-8,11-12H,9-10H2,1-2H3,(H,23,26)/b8-5+. The number of hydrogen-bond acceptors (Lipinski definition) is 3. The molecule has 3 aromatic rings. The van der Waals surface area contributed by atoms with E-state index in [9.17, 15) is 13.6 Å². The Hall–Kier alpha value is -3.22. The van der Waals surface area contributed by atoms with Crippen molar-refractivity contribution >= 4 is 12.0 Å². The molecule has 1 N–H and O–H groups in total. The minimum Gasteiger partial charge on any atom is -0.464 e. The summed E-state index contributed by atoms with van der Waals surface area (Å²) in [6.07, 6.45) is 4.03. The summed E-state index contributed by atoms with van der Waals surface area (Å²) in [6.45, 7) is 4.65. The maximum atomic E-state index is 13.5. The molecule has 7 heteroatoms. The van der Waals surface area contributed by atoms with E-state index in [1.165, 1.54) is 12.2 Å². The first kappa shape index (κ1) is 18.6. The molecule has 0 atom stereocenters. The summed E-state index contributed by atoms with van der Waals surface area (Å²) < 4.78 is 33.9. The van der Waals surface area contributed by atoms with E-state index in [0.717, 1.165) is 40.9 Å². The highest BCUT2D eigenvalue weighted by Crippen LogP contribution is 2.26. The van der Waals surface area contributed by atoms with Crippen LogP contribution in [0, 0.1) is 25.5 Å². The van der Waals surface area contributed by atoms with Crippen molar-refractivity contribution in [3.63, 3.8) is 0 Å². The maximum Gasteiger partial charge on any atom is 0.244 e. The van der Waals surface area contributed by atoms with Crippen LogP contribution < -0.4 is 5.32 Å². The number of halogens is 2. The van der Waals surface area contributed by atoms with Crippen LogP contribution in [0.1, 0.15) is 17.0 Å². The van der Waals surface area contributed by atoms with E-state index in [0.29, 0.717) is 13.1 Å². The Morgan fingerprint density at radius 2 is 2.11 bits per heavy atom. The minimum absolute atomic E-state index is 0.0202. The zero-order valence-electron chi connectivity index (χ0n) is 15.0. The second-order valence-corrected chi connectivity index (χ2v) is 6.04. The average Bonchev–Trinajstić information content (AvgIpc) is 3.24. The van der Waals surface area contributed by atoms with Crippen LogP contribution in [0.15, 0.2) is 47.1 Å². The van der Waals surface area contributed by atoms with E-state index in [1.807, 2.05) is 26.0 Å². The molecule has 0 aliphatic rings. The van der Waals surface area contributed by atoms with Crippen molar-refractivity contribution in [2.24, 2.45) is 0 Å². The van der Waals surface area contributed by atoms with Gasteiger partial charge in [0.2, 0.25) is 5.91 Å². The molecule has 0 unspecified atom stereocenters. The van der Waals surface area contributed by atoms with Gasteiger partial charge >= 0.3 is 0 Å². The van der Waals surface area contributed by atoms with Gasteiger partial charge in [0.15, 0.2) is 0 Å². The Bertz CT molecular complexity index is 976. The van der Waals surface area contributed by atoms with Gasteiger partial charge in [0.1, 0.15) is 17.4 Å². The molecule has 0 fully saturated rings. The second-order valence-electron chi connectivity index (χ2n) is 6.04. The number of aromatic nitrogens is 2. The molecule has 0 bridgehead atoms. The molecule has 0 saturated carbocycles. The molecule has 0 saturated heterocycles. The van der Waals surface area contributed by atoms with Crippen LogP contribution in [0.4, 0.5) is 8.78 Å². The maximum absolute atomic E-state index is 13.5. The largest absolute Gasteiger partial charge is 0.464 e. The summed E-state index contributed by atoms with van der Waals surface area (Å²) in [5, 5.41) is 7.17. The summed E-state index contributed by atoms with van der Waals surface area (Å²) in [5.74, 6) is -0.798. The lowest BCUT2D eigenvalue weighted by Gasteiger charge is -2.06. The van der Waals surface area contributed by atoms with Crippen LogP contribution in [0.3, 0.4) is 0 Å². The molecular formula is C20H19F2N3O2. The quantitative estimate of drug-likeness (QED) is 0.669. The Kier molecular flexibility index (Phi) is 5.49. The molecule has 5 nitrogen and oxygen atoms in total. The molecule has 1 amide bonds. The Morgan fingerprint density at radius 1 is 1.30 bits per heavy atom. The molecule has 1 aromatic carbocycles. The van der Waals surface area contributed by atoms with Crippen LogP contribution in [-0.2, 0) is 11.3 Å². The molecule has 2 heterocycles. The number of aryl methyl sites for hydroxylation is 1. The van der Waals surface area contributed by atoms with Crippen LogP contribution in [0.25, 0.3) is 17.4 Å². The van der Waals surface area contributed by atoms with E-state index in [-0.39, 0.29) is 5.56 Å². The average molecular weight is 371 g/mol. The van der Waals surface area contributed by atoms with E-state index in [4.69, 9.17) is 4.42 Å². The zero-order chi connectivity index (χ0) is 19.4. The number of hydrogen-bond donors (Lipinski definition) is 1. The Morgan fingerprint density at radius 3 is 2.85 bits per heavy atom. The van der Waals surface area contributed by atoms with Gasteiger partial charge in [0.25, 0.3) is 0 Å². The van der Waals surface area contributed by atoms with Gasteiger partial charge in [-0.15, -0.1) is 0 Å². The molecule has 0 radical (unpaired) electrons. The number of nitrogens with one attached hydrogen (secondary N) is 1. The molecule has 0 spiro atoms. The monoisotopic (exact) mass is 371 g/mol. The fourth-order valence-corrected chi connectivity index (χ4v) is 2.84. The van der Waals surface area contributed by atoms with Gasteiger partial charge in [-0.05, 0) is 50.3 Å². The Balaban J connectivity index is 1.58. The smallest absolute Gasteiger partial charge is 0.244 e. The number of amides is 1. The van der Waals surface area contributed by atoms with Crippen molar-refractivity contribution in [2.45, 2.75) is 20.4 Å². The highest BCUT2D eigenvalue weighted by Gasteiger charge is 2.15. The first-order valence-electron chi connectivity index (χ1n) is 8.44. The van der Waals surface area contributed by atoms with Crippen molar-refractivity contribution in [2.75, 3.05) is 6.54 Å². The number of furan rings is 1. The topological polar surface area (TPSA) is 60.1 Å². The van der Waals surface area contributed by atoms with Crippen molar-refractivity contribution in [1.29, 1.82) is 0 Å². The SMILES string of the molecule is Cc1nn(CCNC(=O)/C=C/c2cc(F)ccc2F)c(C)c1-c1ccco1. The molecule has 2 aromatic heterocycles. The van der Waals surface area contributed by atoms with Crippen LogP contribution in [0.5, 0.6) is 0 Å². The summed E-state index contributed by atoms with van der Waals surface area (Å²) in [7, 11) is 0. The minimum atomic E-state index is -0.589. The molecular weight excluding hydrogens is 352 g/mol. The summed E-state index contributed by atoms with van der Waals surface area (Å²) in [4.78, 5) is 11.9. The number of benzene rings is 1. The van der Waals surface area contributed by atoms with Crippen molar-refractivity contribution in [1.82, 2.24) is 15.1 Å². The number of carbonyl (C=O) groups excluding carboxylic acids is 1. The van der Waals surface area contributed by atoms with Gasteiger partial charge in [-0.1, -0.05) is 0 Å². The van der Waals surface area contributed by atoms with Crippen LogP contribution in [-0.4, -0.2) is 22.2 Å². The molecule has 0 aliphatic carbocycles. The van der Waals surface area contributed by atoms with Crippen molar-refractivity contribution < 1.29 is 18.0 Å². The molecule has 140 valence electrons. The lowest BCUT2D eigenvalue weighted by Crippen LogP contribution is -2.26. The summed E-state index contributed by atoms with van der Waals surface area (Å²) in [6, 6.07) is 6.77. The molecule has 0 aliphatic heterocycles. The predicted molar refractivity (Wildman–Crippen MR) is 97.8 cm³/mol. The first-order chi connectivity index (χ1) is 13.0. The normalized spacial score (nSPS) is 11.3. The van der Waals surface area contributed by atoms with E-state index < -0.39 is 17.5 Å². The van der Waals surface area contributed by atoms with Crippen LogP contribution >= 0.6 is 0 Å². The predicted octanol–water partition coefficient (Wildman–Crippen LogP) is 3.87. The van der Waals surface area contributed by atoms with Gasteiger partial charge in [0, 0.05) is 23.9 Å². The van der Waals surface area contributed by atoms with Gasteiger partial charge in [-0.3, -0.25) is 9.48 Å². The number of rotatable bonds is 6. The van der Waals surface area contributed by atoms with Gasteiger partial charge < -0.3 is 9.73 Å². The summed E-state index contributed by atoms with van der Waals surface area (Å²) >= 11 is 0. The second kappa shape index (κ2) is 7.99. The van der Waals surface area contributed by atoms with Crippen molar-refractivity contribution in [3.8, 4) is 11.3 Å². The fraction of sp³-hybridized carbons (Fsp3) is 0.200. The van der Waals surface area contributed by atoms with Gasteiger partial charge in [-0.2, -0.15) is 5.10 Å².